The molecule has 1 aliphatic heterocycles. The van der Waals surface area contributed by atoms with E-state index in [1.807, 2.05) is 24.3 Å². The molecule has 0 aromatic heterocycles. The molecule has 1 N–H and O–H groups in total. The van der Waals surface area contributed by atoms with Crippen LogP contribution in [-0.2, 0) is 11.3 Å². The van der Waals surface area contributed by atoms with Crippen LogP contribution in [0.4, 0.5) is 0 Å². The van der Waals surface area contributed by atoms with Crippen LogP contribution in [0.15, 0.2) is 54.6 Å². The van der Waals surface area contributed by atoms with Crippen LogP contribution in [0.1, 0.15) is 29.9 Å². The summed E-state index contributed by atoms with van der Waals surface area (Å²) in [5.74, 6) is 1.55. The first-order valence-electron chi connectivity index (χ1n) is 8.91. The van der Waals surface area contributed by atoms with E-state index in [4.69, 9.17) is 4.74 Å². The van der Waals surface area contributed by atoms with Gasteiger partial charge in [0.05, 0.1) is 13.7 Å². The number of amides is 1. The number of rotatable bonds is 6. The van der Waals surface area contributed by atoms with E-state index in [0.29, 0.717) is 19.0 Å². The molecule has 1 fully saturated rings. The van der Waals surface area contributed by atoms with Crippen molar-refractivity contribution in [3.63, 3.8) is 0 Å². The van der Waals surface area contributed by atoms with Crippen LogP contribution in [0.3, 0.4) is 0 Å². The van der Waals surface area contributed by atoms with Crippen LogP contribution in [0.25, 0.3) is 0 Å². The maximum Gasteiger partial charge on any atom is 0.234 e. The molecular weight excluding hydrogens is 312 g/mol. The summed E-state index contributed by atoms with van der Waals surface area (Å²) in [6.45, 7) is 3.01. The molecule has 0 radical (unpaired) electrons. The van der Waals surface area contributed by atoms with Gasteiger partial charge in [0.25, 0.3) is 0 Å². The Morgan fingerprint density at radius 1 is 1.08 bits per heavy atom. The lowest BCUT2D eigenvalue weighted by Gasteiger charge is -2.31. The van der Waals surface area contributed by atoms with Gasteiger partial charge in [-0.3, -0.25) is 9.69 Å². The van der Waals surface area contributed by atoms with Crippen LogP contribution in [0.2, 0.25) is 0 Å². The first-order valence-corrected chi connectivity index (χ1v) is 8.91. The fraction of sp³-hybridized carbons (Fsp3) is 0.381. The number of likely N-dealkylation sites (tertiary alicyclic amines) is 1. The van der Waals surface area contributed by atoms with Gasteiger partial charge in [-0.1, -0.05) is 42.5 Å². The van der Waals surface area contributed by atoms with Crippen molar-refractivity contribution >= 4 is 5.91 Å². The molecule has 4 heteroatoms. The molecule has 1 heterocycles. The summed E-state index contributed by atoms with van der Waals surface area (Å²) >= 11 is 0. The third kappa shape index (κ3) is 5.07. The number of carbonyl (C=O) groups is 1. The highest BCUT2D eigenvalue weighted by atomic mass is 16.5. The van der Waals surface area contributed by atoms with Crippen molar-refractivity contribution in [1.29, 1.82) is 0 Å². The normalized spacial score (nSPS) is 15.7. The van der Waals surface area contributed by atoms with E-state index in [9.17, 15) is 4.79 Å². The van der Waals surface area contributed by atoms with Crippen molar-refractivity contribution < 1.29 is 9.53 Å². The van der Waals surface area contributed by atoms with Crippen molar-refractivity contribution in [1.82, 2.24) is 10.2 Å². The lowest BCUT2D eigenvalue weighted by atomic mass is 9.89. The Morgan fingerprint density at radius 3 is 2.40 bits per heavy atom. The minimum Gasteiger partial charge on any atom is -0.497 e. The van der Waals surface area contributed by atoms with Crippen molar-refractivity contribution in [3.05, 3.63) is 65.7 Å². The fourth-order valence-electron chi connectivity index (χ4n) is 3.35. The van der Waals surface area contributed by atoms with Gasteiger partial charge in [-0.15, -0.1) is 0 Å². The predicted octanol–water partition coefficient (Wildman–Crippen LogP) is 3.19. The Morgan fingerprint density at radius 2 is 1.76 bits per heavy atom. The highest BCUT2D eigenvalue weighted by Crippen LogP contribution is 2.27. The molecule has 2 aromatic carbocycles. The van der Waals surface area contributed by atoms with Gasteiger partial charge in [0.1, 0.15) is 5.75 Å². The zero-order valence-corrected chi connectivity index (χ0v) is 14.8. The van der Waals surface area contributed by atoms with Crippen LogP contribution in [-0.4, -0.2) is 37.6 Å². The Balaban J connectivity index is 1.40. The number of nitrogens with zero attached hydrogens (tertiary/aromatic N) is 1. The lowest BCUT2D eigenvalue weighted by molar-refractivity contribution is -0.122. The van der Waals surface area contributed by atoms with Crippen LogP contribution in [0, 0.1) is 0 Å². The van der Waals surface area contributed by atoms with Gasteiger partial charge in [0.15, 0.2) is 0 Å². The zero-order valence-electron chi connectivity index (χ0n) is 14.8. The smallest absolute Gasteiger partial charge is 0.234 e. The number of nitrogens with one attached hydrogen (secondary N) is 1. The summed E-state index contributed by atoms with van der Waals surface area (Å²) in [5.41, 5.74) is 2.50. The zero-order chi connectivity index (χ0) is 17.5. The molecule has 2 aromatic rings. The van der Waals surface area contributed by atoms with Crippen molar-refractivity contribution in [3.8, 4) is 5.75 Å². The Bertz CT molecular complexity index is 662. The van der Waals surface area contributed by atoms with Gasteiger partial charge in [0, 0.05) is 6.54 Å². The van der Waals surface area contributed by atoms with Crippen LogP contribution >= 0.6 is 0 Å². The van der Waals surface area contributed by atoms with E-state index >= 15 is 0 Å². The molecule has 25 heavy (non-hydrogen) atoms. The second-order valence-corrected chi connectivity index (χ2v) is 6.59. The van der Waals surface area contributed by atoms with Crippen molar-refractivity contribution in [2.75, 3.05) is 26.7 Å². The number of hydrogen-bond acceptors (Lipinski definition) is 3. The van der Waals surface area contributed by atoms with E-state index in [-0.39, 0.29) is 5.91 Å². The van der Waals surface area contributed by atoms with E-state index in [1.165, 1.54) is 5.56 Å². The first kappa shape index (κ1) is 17.5. The standard InChI is InChI=1S/C21H26N2O2/c1-25-20-9-7-17(8-10-20)15-22-21(24)16-23-13-11-19(12-14-23)18-5-3-2-4-6-18/h2-10,19H,11-16H2,1H3,(H,22,24). The van der Waals surface area contributed by atoms with E-state index in [1.54, 1.807) is 7.11 Å². The molecule has 1 amide bonds. The fourth-order valence-corrected chi connectivity index (χ4v) is 3.35. The molecule has 0 aliphatic carbocycles. The van der Waals surface area contributed by atoms with Gasteiger partial charge in [-0.05, 0) is 55.1 Å². The number of benzene rings is 2. The Hall–Kier alpha value is -2.33. The summed E-state index contributed by atoms with van der Waals surface area (Å²) in [6, 6.07) is 18.5. The largest absolute Gasteiger partial charge is 0.497 e. The van der Waals surface area contributed by atoms with Gasteiger partial charge >= 0.3 is 0 Å². The minimum atomic E-state index is 0.0916. The molecule has 0 unspecified atom stereocenters. The molecule has 3 rings (SSSR count). The first-order chi connectivity index (χ1) is 12.2. The summed E-state index contributed by atoms with van der Waals surface area (Å²) in [4.78, 5) is 14.4. The van der Waals surface area contributed by atoms with Gasteiger partial charge in [0.2, 0.25) is 5.91 Å². The molecule has 1 saturated heterocycles. The van der Waals surface area contributed by atoms with Gasteiger partial charge in [-0.2, -0.15) is 0 Å². The van der Waals surface area contributed by atoms with Crippen LogP contribution in [0.5, 0.6) is 5.75 Å². The monoisotopic (exact) mass is 338 g/mol. The van der Waals surface area contributed by atoms with E-state index in [0.717, 1.165) is 37.2 Å². The SMILES string of the molecule is COc1ccc(CNC(=O)CN2CCC(c3ccccc3)CC2)cc1. The highest BCUT2D eigenvalue weighted by Gasteiger charge is 2.21. The minimum absolute atomic E-state index is 0.0916. The molecule has 0 saturated carbocycles. The van der Waals surface area contributed by atoms with Crippen LogP contribution < -0.4 is 10.1 Å². The average Bonchev–Trinajstić information content (AvgIpc) is 2.68. The second-order valence-electron chi connectivity index (χ2n) is 6.59. The lowest BCUT2D eigenvalue weighted by Crippen LogP contribution is -2.41. The average molecular weight is 338 g/mol. The van der Waals surface area contributed by atoms with Gasteiger partial charge < -0.3 is 10.1 Å². The summed E-state index contributed by atoms with van der Waals surface area (Å²) in [7, 11) is 1.65. The molecule has 1 aliphatic rings. The number of ether oxygens (including phenoxy) is 1. The number of carbonyl (C=O) groups excluding carboxylic acids is 1. The molecule has 0 bridgehead atoms. The molecule has 132 valence electrons. The number of hydrogen-bond donors (Lipinski definition) is 1. The third-order valence-corrected chi connectivity index (χ3v) is 4.87. The summed E-state index contributed by atoms with van der Waals surface area (Å²) in [6.07, 6.45) is 2.24. The third-order valence-electron chi connectivity index (χ3n) is 4.87. The summed E-state index contributed by atoms with van der Waals surface area (Å²) in [5, 5.41) is 3.01. The number of piperidine rings is 1. The van der Waals surface area contributed by atoms with E-state index < -0.39 is 0 Å². The van der Waals surface area contributed by atoms with Crippen molar-refractivity contribution in [2.24, 2.45) is 0 Å². The Labute approximate surface area is 149 Å². The topological polar surface area (TPSA) is 41.6 Å². The maximum atomic E-state index is 12.2. The molecule has 4 nitrogen and oxygen atoms in total. The predicted molar refractivity (Wildman–Crippen MR) is 99.7 cm³/mol. The van der Waals surface area contributed by atoms with E-state index in [2.05, 4.69) is 40.5 Å². The molecular formula is C21H26N2O2. The number of methoxy groups -OCH3 is 1. The second kappa shape index (κ2) is 8.67. The highest BCUT2D eigenvalue weighted by molar-refractivity contribution is 5.78. The van der Waals surface area contributed by atoms with Gasteiger partial charge in [-0.25, -0.2) is 0 Å². The van der Waals surface area contributed by atoms with Crippen molar-refractivity contribution in [2.45, 2.75) is 25.3 Å². The Kier molecular flexibility index (Phi) is 6.07. The molecule has 0 atom stereocenters. The maximum absolute atomic E-state index is 12.2. The summed E-state index contributed by atoms with van der Waals surface area (Å²) < 4.78 is 5.14. The molecule has 0 spiro atoms. The quantitative estimate of drug-likeness (QED) is 0.879.